The van der Waals surface area contributed by atoms with Gasteiger partial charge in [0.1, 0.15) is 0 Å². The van der Waals surface area contributed by atoms with Gasteiger partial charge in [0.25, 0.3) is 11.6 Å². The number of benzene rings is 1. The molecule has 0 spiro atoms. The number of halogens is 1. The van der Waals surface area contributed by atoms with Gasteiger partial charge in [-0.3, -0.25) is 20.8 Å². The number of carbonyl (C=O) groups is 1. The molecule has 2 rings (SSSR count). The molecule has 0 radical (unpaired) electrons. The van der Waals surface area contributed by atoms with E-state index >= 15 is 0 Å². The van der Waals surface area contributed by atoms with Gasteiger partial charge in [0.2, 0.25) is 0 Å². The first-order valence-electron chi connectivity index (χ1n) is 5.78. The van der Waals surface area contributed by atoms with Crippen molar-refractivity contribution in [3.05, 3.63) is 54.7 Å². The highest BCUT2D eigenvalue weighted by Gasteiger charge is 2.16. The Morgan fingerprint density at radius 2 is 2.14 bits per heavy atom. The summed E-state index contributed by atoms with van der Waals surface area (Å²) < 4.78 is 0.964. The van der Waals surface area contributed by atoms with E-state index in [-0.39, 0.29) is 11.3 Å². The molecule has 0 aliphatic heterocycles. The lowest BCUT2D eigenvalue weighted by atomic mass is 10.1. The SMILES string of the molecule is NNc1ccc([N+](=O)[O-])cc1C(=O)NCc1ccc(Br)s1. The van der Waals surface area contributed by atoms with Crippen LogP contribution in [0.25, 0.3) is 0 Å². The average Bonchev–Trinajstić information content (AvgIpc) is 2.89. The number of carbonyl (C=O) groups excluding carboxylic acids is 1. The number of nitrogen functional groups attached to an aromatic ring is 1. The van der Waals surface area contributed by atoms with Gasteiger partial charge in [-0.2, -0.15) is 0 Å². The minimum absolute atomic E-state index is 0.127. The minimum Gasteiger partial charge on any atom is -0.347 e. The first kappa shape index (κ1) is 15.4. The number of nitrogens with two attached hydrogens (primary N) is 1. The fourth-order valence-corrected chi connectivity index (χ4v) is 3.09. The van der Waals surface area contributed by atoms with Gasteiger partial charge in [0.15, 0.2) is 0 Å². The molecular formula is C12H11BrN4O3S. The van der Waals surface area contributed by atoms with Gasteiger partial charge in [-0.15, -0.1) is 11.3 Å². The Bertz CT molecular complexity index is 689. The maximum atomic E-state index is 12.1. The summed E-state index contributed by atoms with van der Waals surface area (Å²) in [6.45, 7) is 0.335. The molecule has 0 saturated carbocycles. The summed E-state index contributed by atoms with van der Waals surface area (Å²) in [4.78, 5) is 23.3. The molecule has 0 aliphatic rings. The summed E-state index contributed by atoms with van der Waals surface area (Å²) in [6.07, 6.45) is 0. The third-order valence-corrected chi connectivity index (χ3v) is 4.29. The molecule has 4 N–H and O–H groups in total. The van der Waals surface area contributed by atoms with E-state index in [1.807, 2.05) is 12.1 Å². The Morgan fingerprint density at radius 3 is 2.71 bits per heavy atom. The molecule has 21 heavy (non-hydrogen) atoms. The number of hydrazine groups is 1. The predicted octanol–water partition coefficient (Wildman–Crippen LogP) is 2.63. The lowest BCUT2D eigenvalue weighted by Crippen LogP contribution is -2.24. The van der Waals surface area contributed by atoms with Crippen molar-refractivity contribution in [1.29, 1.82) is 0 Å². The molecule has 2 aromatic rings. The zero-order valence-corrected chi connectivity index (χ0v) is 13.0. The van der Waals surface area contributed by atoms with E-state index in [0.717, 1.165) is 8.66 Å². The van der Waals surface area contributed by atoms with Crippen LogP contribution < -0.4 is 16.6 Å². The van der Waals surface area contributed by atoms with Gasteiger partial charge < -0.3 is 10.7 Å². The average molecular weight is 371 g/mol. The van der Waals surface area contributed by atoms with Crippen molar-refractivity contribution < 1.29 is 9.72 Å². The number of non-ortho nitro benzene ring substituents is 1. The molecule has 110 valence electrons. The summed E-state index contributed by atoms with van der Waals surface area (Å²) in [6, 6.07) is 7.63. The van der Waals surface area contributed by atoms with E-state index in [9.17, 15) is 14.9 Å². The van der Waals surface area contributed by atoms with Crippen LogP contribution in [0.15, 0.2) is 34.1 Å². The van der Waals surface area contributed by atoms with Crippen LogP contribution >= 0.6 is 27.3 Å². The molecular weight excluding hydrogens is 360 g/mol. The van der Waals surface area contributed by atoms with Gasteiger partial charge in [-0.1, -0.05) is 0 Å². The van der Waals surface area contributed by atoms with Gasteiger partial charge in [0, 0.05) is 17.0 Å². The predicted molar refractivity (Wildman–Crippen MR) is 84.1 cm³/mol. The topological polar surface area (TPSA) is 110 Å². The van der Waals surface area contributed by atoms with Crippen LogP contribution in [0.1, 0.15) is 15.2 Å². The normalized spacial score (nSPS) is 10.2. The van der Waals surface area contributed by atoms with Crippen LogP contribution in [0.4, 0.5) is 11.4 Å². The van der Waals surface area contributed by atoms with E-state index in [4.69, 9.17) is 5.84 Å². The molecule has 0 saturated heterocycles. The summed E-state index contributed by atoms with van der Waals surface area (Å²) in [5.41, 5.74) is 2.64. The lowest BCUT2D eigenvalue weighted by molar-refractivity contribution is -0.384. The minimum atomic E-state index is -0.562. The van der Waals surface area contributed by atoms with E-state index in [2.05, 4.69) is 26.7 Å². The highest BCUT2D eigenvalue weighted by molar-refractivity contribution is 9.11. The summed E-state index contributed by atoms with van der Waals surface area (Å²) in [5, 5.41) is 13.5. The van der Waals surface area contributed by atoms with Gasteiger partial charge in [0.05, 0.1) is 26.5 Å². The van der Waals surface area contributed by atoms with Crippen molar-refractivity contribution >= 4 is 44.5 Å². The number of hydrogen-bond acceptors (Lipinski definition) is 6. The molecule has 0 bridgehead atoms. The van der Waals surface area contributed by atoms with E-state index in [0.29, 0.717) is 12.2 Å². The number of amides is 1. The van der Waals surface area contributed by atoms with Crippen LogP contribution in [-0.2, 0) is 6.54 Å². The van der Waals surface area contributed by atoms with Crippen molar-refractivity contribution in [3.63, 3.8) is 0 Å². The number of hydrogen-bond donors (Lipinski definition) is 3. The van der Waals surface area contributed by atoms with Gasteiger partial charge in [-0.25, -0.2) is 0 Å². The van der Waals surface area contributed by atoms with Gasteiger partial charge >= 0.3 is 0 Å². The first-order chi connectivity index (χ1) is 10.0. The van der Waals surface area contributed by atoms with Crippen molar-refractivity contribution in [2.75, 3.05) is 5.43 Å². The number of nitro benzene ring substituents is 1. The molecule has 1 amide bonds. The number of nitrogens with zero attached hydrogens (tertiary/aromatic N) is 1. The first-order valence-corrected chi connectivity index (χ1v) is 7.39. The molecule has 9 heteroatoms. The van der Waals surface area contributed by atoms with Crippen LogP contribution in [-0.4, -0.2) is 10.8 Å². The zero-order valence-electron chi connectivity index (χ0n) is 10.6. The largest absolute Gasteiger partial charge is 0.347 e. The van der Waals surface area contributed by atoms with E-state index in [1.165, 1.54) is 29.5 Å². The van der Waals surface area contributed by atoms with Gasteiger partial charge in [-0.05, 0) is 34.1 Å². The summed E-state index contributed by atoms with van der Waals surface area (Å²) in [7, 11) is 0. The Balaban J connectivity index is 2.17. The maximum Gasteiger partial charge on any atom is 0.270 e. The van der Waals surface area contributed by atoms with Crippen LogP contribution in [0, 0.1) is 10.1 Å². The Kier molecular flexibility index (Phi) is 4.89. The number of rotatable bonds is 5. The molecule has 1 aromatic heterocycles. The van der Waals surface area contributed by atoms with Crippen molar-refractivity contribution in [3.8, 4) is 0 Å². The van der Waals surface area contributed by atoms with E-state index in [1.54, 1.807) is 0 Å². The Hall–Kier alpha value is -1.97. The summed E-state index contributed by atoms with van der Waals surface area (Å²) >= 11 is 4.83. The second-order valence-electron chi connectivity index (χ2n) is 4.02. The molecule has 1 aromatic carbocycles. The third-order valence-electron chi connectivity index (χ3n) is 2.67. The molecule has 0 aliphatic carbocycles. The number of anilines is 1. The quantitative estimate of drug-likeness (QED) is 0.425. The zero-order chi connectivity index (χ0) is 15.4. The monoisotopic (exact) mass is 370 g/mol. The summed E-state index contributed by atoms with van der Waals surface area (Å²) in [5.74, 6) is 4.89. The smallest absolute Gasteiger partial charge is 0.270 e. The lowest BCUT2D eigenvalue weighted by Gasteiger charge is -2.09. The van der Waals surface area contributed by atoms with Crippen molar-refractivity contribution in [1.82, 2.24) is 5.32 Å². The number of thiophene rings is 1. The fourth-order valence-electron chi connectivity index (χ4n) is 1.67. The second kappa shape index (κ2) is 6.66. The maximum absolute atomic E-state index is 12.1. The molecule has 7 nitrogen and oxygen atoms in total. The van der Waals surface area contributed by atoms with Crippen LogP contribution in [0.5, 0.6) is 0 Å². The molecule has 0 unspecified atom stereocenters. The second-order valence-corrected chi connectivity index (χ2v) is 6.57. The van der Waals surface area contributed by atoms with Crippen molar-refractivity contribution in [2.45, 2.75) is 6.54 Å². The third kappa shape index (κ3) is 3.78. The number of nitrogens with one attached hydrogen (secondary N) is 2. The highest BCUT2D eigenvalue weighted by atomic mass is 79.9. The molecule has 0 atom stereocenters. The fraction of sp³-hybridized carbons (Fsp3) is 0.0833. The highest BCUT2D eigenvalue weighted by Crippen LogP contribution is 2.23. The van der Waals surface area contributed by atoms with Crippen LogP contribution in [0.3, 0.4) is 0 Å². The van der Waals surface area contributed by atoms with Crippen molar-refractivity contribution in [2.24, 2.45) is 5.84 Å². The van der Waals surface area contributed by atoms with Crippen LogP contribution in [0.2, 0.25) is 0 Å². The molecule has 1 heterocycles. The Labute approximate surface area is 132 Å². The molecule has 0 fully saturated rings. The van der Waals surface area contributed by atoms with E-state index < -0.39 is 10.8 Å². The Morgan fingerprint density at radius 1 is 1.38 bits per heavy atom. The number of nitro groups is 1. The standard InChI is InChI=1S/C12H11BrN4O3S/c13-11-4-2-8(21-11)6-15-12(18)9-5-7(17(19)20)1-3-10(9)16-14/h1-5,16H,6,14H2,(H,15,18).